The van der Waals surface area contributed by atoms with Crippen LogP contribution in [0.2, 0.25) is 0 Å². The van der Waals surface area contributed by atoms with E-state index in [4.69, 9.17) is 16.6 Å². The Balaban J connectivity index is 1.63. The number of hydrogen-bond donors (Lipinski definition) is 1. The van der Waals surface area contributed by atoms with Crippen molar-refractivity contribution >= 4 is 17.3 Å². The Kier molecular flexibility index (Phi) is 5.31. The van der Waals surface area contributed by atoms with Crippen molar-refractivity contribution in [2.24, 2.45) is 0 Å². The van der Waals surface area contributed by atoms with Crippen LogP contribution in [0, 0.1) is 20.8 Å². The third-order valence-electron chi connectivity index (χ3n) is 6.15. The van der Waals surface area contributed by atoms with Crippen LogP contribution in [0.15, 0.2) is 77.5 Å². The first kappa shape index (κ1) is 20.5. The highest BCUT2D eigenvalue weighted by Gasteiger charge is 2.41. The number of aromatic nitrogens is 2. The number of benzene rings is 1. The molecular weight excluding hydrogens is 416 g/mol. The maximum atomic E-state index is 5.80. The van der Waals surface area contributed by atoms with E-state index in [1.807, 2.05) is 30.5 Å². The first-order valence-electron chi connectivity index (χ1n) is 10.8. The van der Waals surface area contributed by atoms with Crippen LogP contribution in [0.25, 0.3) is 5.69 Å². The van der Waals surface area contributed by atoms with Crippen LogP contribution >= 0.6 is 12.2 Å². The van der Waals surface area contributed by atoms with Gasteiger partial charge in [-0.2, -0.15) is 0 Å². The molecule has 4 aromatic rings. The van der Waals surface area contributed by atoms with Gasteiger partial charge in [-0.1, -0.05) is 18.2 Å². The van der Waals surface area contributed by atoms with Crippen LogP contribution in [0.3, 0.4) is 0 Å². The van der Waals surface area contributed by atoms with E-state index >= 15 is 0 Å². The number of furan rings is 1. The van der Waals surface area contributed by atoms with Crippen LogP contribution in [-0.4, -0.2) is 19.6 Å². The third kappa shape index (κ3) is 3.60. The Labute approximate surface area is 193 Å². The van der Waals surface area contributed by atoms with Crippen molar-refractivity contribution in [2.45, 2.75) is 39.4 Å². The molecule has 3 aromatic heterocycles. The van der Waals surface area contributed by atoms with Crippen molar-refractivity contribution < 1.29 is 4.42 Å². The molecule has 1 aliphatic rings. The lowest BCUT2D eigenvalue weighted by Crippen LogP contribution is -2.29. The van der Waals surface area contributed by atoms with Gasteiger partial charge in [-0.25, -0.2) is 0 Å². The summed E-state index contributed by atoms with van der Waals surface area (Å²) in [4.78, 5) is 6.87. The number of pyridine rings is 1. The fourth-order valence-corrected chi connectivity index (χ4v) is 5.04. The van der Waals surface area contributed by atoms with Crippen molar-refractivity contribution in [3.05, 3.63) is 107 Å². The Bertz CT molecular complexity index is 1250. The van der Waals surface area contributed by atoms with E-state index in [0.717, 1.165) is 11.5 Å². The number of aryl methyl sites for hydroxylation is 2. The lowest BCUT2D eigenvalue weighted by Gasteiger charge is -2.27. The molecule has 0 amide bonds. The minimum absolute atomic E-state index is 0.00717. The molecule has 162 valence electrons. The van der Waals surface area contributed by atoms with Crippen molar-refractivity contribution in [2.75, 3.05) is 0 Å². The summed E-state index contributed by atoms with van der Waals surface area (Å²) in [5.41, 5.74) is 7.02. The normalized spacial score (nSPS) is 18.2. The first-order valence-corrected chi connectivity index (χ1v) is 11.2. The summed E-state index contributed by atoms with van der Waals surface area (Å²) in [5, 5.41) is 4.24. The van der Waals surface area contributed by atoms with Gasteiger partial charge in [0.15, 0.2) is 5.11 Å². The molecule has 0 aliphatic carbocycles. The summed E-state index contributed by atoms with van der Waals surface area (Å²) >= 11 is 5.80. The lowest BCUT2D eigenvalue weighted by atomic mass is 9.96. The molecule has 0 unspecified atom stereocenters. The molecule has 4 heterocycles. The number of nitrogens with zero attached hydrogens (tertiary/aromatic N) is 3. The van der Waals surface area contributed by atoms with Crippen LogP contribution in [0.1, 0.15) is 46.1 Å². The van der Waals surface area contributed by atoms with Crippen LogP contribution in [-0.2, 0) is 6.54 Å². The van der Waals surface area contributed by atoms with Gasteiger partial charge in [-0.05, 0) is 86.6 Å². The van der Waals surface area contributed by atoms with Gasteiger partial charge in [0.1, 0.15) is 5.76 Å². The molecular formula is C26H26N4OS. The molecule has 6 heteroatoms. The molecule has 1 aromatic carbocycles. The number of thiocarbonyl (C=S) groups is 1. The van der Waals surface area contributed by atoms with E-state index in [0.29, 0.717) is 11.7 Å². The van der Waals surface area contributed by atoms with Crippen molar-refractivity contribution in [3.8, 4) is 5.69 Å². The average Bonchev–Trinajstić information content (AvgIpc) is 3.48. The van der Waals surface area contributed by atoms with Gasteiger partial charge in [-0.3, -0.25) is 4.98 Å². The zero-order valence-corrected chi connectivity index (χ0v) is 19.3. The summed E-state index contributed by atoms with van der Waals surface area (Å²) in [6, 6.07) is 20.8. The molecule has 5 nitrogen and oxygen atoms in total. The van der Waals surface area contributed by atoms with E-state index in [9.17, 15) is 0 Å². The van der Waals surface area contributed by atoms with Gasteiger partial charge in [0, 0.05) is 23.3 Å². The molecule has 5 rings (SSSR count). The fourth-order valence-electron chi connectivity index (χ4n) is 4.74. The molecule has 0 bridgehead atoms. The summed E-state index contributed by atoms with van der Waals surface area (Å²) in [5.74, 6) is 0.883. The van der Waals surface area contributed by atoms with Gasteiger partial charge >= 0.3 is 0 Å². The Hall–Kier alpha value is -3.38. The predicted molar refractivity (Wildman–Crippen MR) is 130 cm³/mol. The van der Waals surface area contributed by atoms with Crippen LogP contribution < -0.4 is 5.32 Å². The van der Waals surface area contributed by atoms with E-state index in [1.165, 1.54) is 28.2 Å². The van der Waals surface area contributed by atoms with Gasteiger partial charge in [-0.15, -0.1) is 0 Å². The van der Waals surface area contributed by atoms with E-state index < -0.39 is 0 Å². The van der Waals surface area contributed by atoms with Crippen molar-refractivity contribution in [3.63, 3.8) is 0 Å². The molecule has 32 heavy (non-hydrogen) atoms. The first-order chi connectivity index (χ1) is 15.5. The minimum atomic E-state index is -0.0508. The second-order valence-electron chi connectivity index (χ2n) is 8.33. The topological polar surface area (TPSA) is 46.2 Å². The molecule has 0 spiro atoms. The Morgan fingerprint density at radius 2 is 1.91 bits per heavy atom. The quantitative estimate of drug-likeness (QED) is 0.410. The second kappa shape index (κ2) is 8.28. The SMILES string of the molecule is Cc1cccc(-n2c(C)cc([C@@H]3[C@@H](c4ccccn4)NC(=S)N3Cc3ccco3)c2C)c1. The summed E-state index contributed by atoms with van der Waals surface area (Å²) < 4.78 is 7.98. The molecule has 1 fully saturated rings. The standard InChI is InChI=1S/C26H26N4OS/c1-17-8-6-9-20(14-17)30-18(2)15-22(19(30)3)25-24(23-11-4-5-12-27-23)28-26(32)29(25)16-21-10-7-13-31-21/h4-15,24-25H,16H2,1-3H3,(H,28,32)/t24-,25-/m1/s1. The van der Waals surface area contributed by atoms with E-state index in [1.54, 1.807) is 6.26 Å². The van der Waals surface area contributed by atoms with Crippen molar-refractivity contribution in [1.82, 2.24) is 19.8 Å². The summed E-state index contributed by atoms with van der Waals surface area (Å²) in [6.45, 7) is 7.07. The van der Waals surface area contributed by atoms with E-state index in [-0.39, 0.29) is 12.1 Å². The molecule has 2 atom stereocenters. The molecule has 1 aliphatic heterocycles. The number of nitrogens with one attached hydrogen (secondary N) is 1. The largest absolute Gasteiger partial charge is 0.467 e. The van der Waals surface area contributed by atoms with Gasteiger partial charge < -0.3 is 19.2 Å². The maximum Gasteiger partial charge on any atom is 0.170 e. The number of rotatable bonds is 5. The second-order valence-corrected chi connectivity index (χ2v) is 8.72. The smallest absolute Gasteiger partial charge is 0.170 e. The summed E-state index contributed by atoms with van der Waals surface area (Å²) in [6.07, 6.45) is 3.54. The highest BCUT2D eigenvalue weighted by Crippen LogP contribution is 2.42. The van der Waals surface area contributed by atoms with Crippen molar-refractivity contribution in [1.29, 1.82) is 0 Å². The fraction of sp³-hybridized carbons (Fsp3) is 0.231. The zero-order valence-electron chi connectivity index (χ0n) is 18.4. The highest BCUT2D eigenvalue weighted by atomic mass is 32.1. The number of hydrogen-bond acceptors (Lipinski definition) is 3. The molecule has 0 saturated carbocycles. The average molecular weight is 443 g/mol. The zero-order chi connectivity index (χ0) is 22.2. The van der Waals surface area contributed by atoms with Crippen LogP contribution in [0.5, 0.6) is 0 Å². The monoisotopic (exact) mass is 442 g/mol. The lowest BCUT2D eigenvalue weighted by molar-refractivity contribution is 0.286. The van der Waals surface area contributed by atoms with E-state index in [2.05, 4.69) is 76.9 Å². The Morgan fingerprint density at radius 1 is 1.03 bits per heavy atom. The van der Waals surface area contributed by atoms with Crippen LogP contribution in [0.4, 0.5) is 0 Å². The predicted octanol–water partition coefficient (Wildman–Crippen LogP) is 5.56. The molecule has 1 N–H and O–H groups in total. The molecule has 0 radical (unpaired) electrons. The maximum absolute atomic E-state index is 5.80. The van der Waals surface area contributed by atoms with Gasteiger partial charge in [0.25, 0.3) is 0 Å². The summed E-state index contributed by atoms with van der Waals surface area (Å²) in [7, 11) is 0. The van der Waals surface area contributed by atoms with Gasteiger partial charge in [0.2, 0.25) is 0 Å². The van der Waals surface area contributed by atoms with Gasteiger partial charge in [0.05, 0.1) is 30.6 Å². The Morgan fingerprint density at radius 3 is 2.62 bits per heavy atom. The third-order valence-corrected chi connectivity index (χ3v) is 6.51. The molecule has 1 saturated heterocycles. The highest BCUT2D eigenvalue weighted by molar-refractivity contribution is 7.80. The minimum Gasteiger partial charge on any atom is -0.467 e.